The fourth-order valence-electron chi connectivity index (χ4n) is 1.78. The van der Waals surface area contributed by atoms with Crippen LogP contribution in [0.1, 0.15) is 12.8 Å². The van der Waals surface area contributed by atoms with E-state index in [0.717, 1.165) is 6.42 Å². The Morgan fingerprint density at radius 2 is 2.00 bits per heavy atom. The minimum absolute atomic E-state index is 0.0130. The lowest BCUT2D eigenvalue weighted by Gasteiger charge is -2.29. The van der Waals surface area contributed by atoms with Gasteiger partial charge in [0.05, 0.1) is 13.0 Å². The number of methoxy groups -OCH3 is 1. The molecule has 15 heavy (non-hydrogen) atoms. The van der Waals surface area contributed by atoms with Crippen LogP contribution in [0.3, 0.4) is 0 Å². The summed E-state index contributed by atoms with van der Waals surface area (Å²) in [6.45, 7) is 0.552. The number of esters is 1. The first-order valence-corrected chi connectivity index (χ1v) is 5.08. The van der Waals surface area contributed by atoms with Crippen LogP contribution in [0.15, 0.2) is 0 Å². The zero-order valence-electron chi connectivity index (χ0n) is 9.45. The van der Waals surface area contributed by atoms with Crippen LogP contribution in [0.4, 0.5) is 0 Å². The monoisotopic (exact) mass is 214 g/mol. The molecule has 2 atom stereocenters. The highest BCUT2D eigenvalue weighted by atomic mass is 16.5. The molecule has 1 N–H and O–H groups in total. The molecule has 0 spiro atoms. The number of piperidine rings is 1. The van der Waals surface area contributed by atoms with Crippen LogP contribution >= 0.6 is 0 Å². The summed E-state index contributed by atoms with van der Waals surface area (Å²) in [6.07, 6.45) is 1.40. The van der Waals surface area contributed by atoms with E-state index >= 15 is 0 Å². The molecule has 1 rings (SSSR count). The lowest BCUT2D eigenvalue weighted by Crippen LogP contribution is -2.48. The molecule has 1 aliphatic rings. The molecule has 2 unspecified atom stereocenters. The van der Waals surface area contributed by atoms with Gasteiger partial charge < -0.3 is 15.0 Å². The Balaban J connectivity index is 2.42. The zero-order chi connectivity index (χ0) is 11.4. The smallest absolute Gasteiger partial charge is 0.322 e. The molecule has 0 aromatic rings. The molecule has 1 fully saturated rings. The summed E-state index contributed by atoms with van der Waals surface area (Å²) in [4.78, 5) is 24.4. The van der Waals surface area contributed by atoms with Crippen molar-refractivity contribution >= 4 is 11.9 Å². The molecule has 1 saturated heterocycles. The van der Waals surface area contributed by atoms with Crippen molar-refractivity contribution in [2.75, 3.05) is 27.7 Å². The molecule has 1 aliphatic heterocycles. The second kappa shape index (κ2) is 5.11. The van der Waals surface area contributed by atoms with E-state index in [0.29, 0.717) is 13.0 Å². The van der Waals surface area contributed by atoms with Gasteiger partial charge in [-0.05, 0) is 12.8 Å². The summed E-state index contributed by atoms with van der Waals surface area (Å²) < 4.78 is 4.64. The largest absolute Gasteiger partial charge is 0.468 e. The van der Waals surface area contributed by atoms with Gasteiger partial charge >= 0.3 is 5.97 Å². The SMILES string of the molecule is COC(=O)C1CCC(C(=O)N(C)C)CN1. The Kier molecular flexibility index (Phi) is 4.08. The number of rotatable bonds is 2. The normalized spacial score (nSPS) is 25.8. The van der Waals surface area contributed by atoms with E-state index in [1.54, 1.807) is 19.0 Å². The molecule has 0 radical (unpaired) electrons. The minimum Gasteiger partial charge on any atom is -0.468 e. The number of carbonyl (C=O) groups excluding carboxylic acids is 2. The highest BCUT2D eigenvalue weighted by molar-refractivity contribution is 5.80. The predicted octanol–water partition coefficient (Wildman–Crippen LogP) is -0.384. The third-order valence-corrected chi connectivity index (χ3v) is 2.69. The van der Waals surface area contributed by atoms with Gasteiger partial charge in [-0.15, -0.1) is 0 Å². The van der Waals surface area contributed by atoms with Crippen molar-refractivity contribution in [3.63, 3.8) is 0 Å². The van der Waals surface area contributed by atoms with Crippen LogP contribution in [0.5, 0.6) is 0 Å². The fourth-order valence-corrected chi connectivity index (χ4v) is 1.78. The minimum atomic E-state index is -0.249. The van der Waals surface area contributed by atoms with E-state index in [2.05, 4.69) is 10.1 Å². The van der Waals surface area contributed by atoms with Gasteiger partial charge in [0.15, 0.2) is 0 Å². The van der Waals surface area contributed by atoms with E-state index in [-0.39, 0.29) is 23.8 Å². The zero-order valence-corrected chi connectivity index (χ0v) is 9.45. The molecule has 5 nitrogen and oxygen atoms in total. The molecule has 0 aromatic carbocycles. The lowest BCUT2D eigenvalue weighted by molar-refractivity contribution is -0.145. The average molecular weight is 214 g/mol. The van der Waals surface area contributed by atoms with Crippen LogP contribution in [-0.4, -0.2) is 50.6 Å². The first kappa shape index (κ1) is 12.0. The van der Waals surface area contributed by atoms with Crippen LogP contribution in [0.25, 0.3) is 0 Å². The number of carbonyl (C=O) groups is 2. The fraction of sp³-hybridized carbons (Fsp3) is 0.800. The summed E-state index contributed by atoms with van der Waals surface area (Å²) in [6, 6.07) is -0.249. The highest BCUT2D eigenvalue weighted by Gasteiger charge is 2.30. The van der Waals surface area contributed by atoms with Crippen molar-refractivity contribution in [2.45, 2.75) is 18.9 Å². The Morgan fingerprint density at radius 3 is 2.40 bits per heavy atom. The summed E-state index contributed by atoms with van der Waals surface area (Å²) in [5.41, 5.74) is 0. The van der Waals surface area contributed by atoms with Crippen molar-refractivity contribution < 1.29 is 14.3 Å². The third-order valence-electron chi connectivity index (χ3n) is 2.69. The van der Waals surface area contributed by atoms with Gasteiger partial charge in [-0.25, -0.2) is 0 Å². The van der Waals surface area contributed by atoms with E-state index in [1.807, 2.05) is 0 Å². The van der Waals surface area contributed by atoms with Crippen molar-refractivity contribution in [1.29, 1.82) is 0 Å². The molecule has 1 amide bonds. The summed E-state index contributed by atoms with van der Waals surface area (Å²) in [7, 11) is 4.87. The van der Waals surface area contributed by atoms with Gasteiger partial charge in [0.1, 0.15) is 6.04 Å². The predicted molar refractivity (Wildman–Crippen MR) is 55.2 cm³/mol. The van der Waals surface area contributed by atoms with E-state index < -0.39 is 0 Å². The van der Waals surface area contributed by atoms with Gasteiger partial charge in [-0.3, -0.25) is 9.59 Å². The van der Waals surface area contributed by atoms with Gasteiger partial charge in [-0.1, -0.05) is 0 Å². The number of ether oxygens (including phenoxy) is 1. The van der Waals surface area contributed by atoms with Crippen LogP contribution in [0.2, 0.25) is 0 Å². The maximum atomic E-state index is 11.6. The molecule has 5 heteroatoms. The van der Waals surface area contributed by atoms with Crippen LogP contribution in [-0.2, 0) is 14.3 Å². The van der Waals surface area contributed by atoms with Gasteiger partial charge in [0.2, 0.25) is 5.91 Å². The number of hydrogen-bond acceptors (Lipinski definition) is 4. The number of amides is 1. The lowest BCUT2D eigenvalue weighted by atomic mass is 9.94. The van der Waals surface area contributed by atoms with Gasteiger partial charge in [0, 0.05) is 20.6 Å². The summed E-state index contributed by atoms with van der Waals surface area (Å²) in [5, 5.41) is 3.03. The Morgan fingerprint density at radius 1 is 1.33 bits per heavy atom. The Bertz CT molecular complexity index is 245. The number of hydrogen-bond donors (Lipinski definition) is 1. The second-order valence-electron chi connectivity index (χ2n) is 3.99. The van der Waals surface area contributed by atoms with Crippen molar-refractivity contribution in [3.8, 4) is 0 Å². The third kappa shape index (κ3) is 2.92. The Labute approximate surface area is 89.8 Å². The number of nitrogens with zero attached hydrogens (tertiary/aromatic N) is 1. The standard InChI is InChI=1S/C10H18N2O3/c1-12(2)9(13)7-4-5-8(11-6-7)10(14)15-3/h7-8,11H,4-6H2,1-3H3. The average Bonchev–Trinajstić information content (AvgIpc) is 2.27. The maximum Gasteiger partial charge on any atom is 0.322 e. The van der Waals surface area contributed by atoms with Crippen molar-refractivity contribution in [3.05, 3.63) is 0 Å². The van der Waals surface area contributed by atoms with Crippen molar-refractivity contribution in [2.24, 2.45) is 5.92 Å². The van der Waals surface area contributed by atoms with E-state index in [9.17, 15) is 9.59 Å². The van der Waals surface area contributed by atoms with E-state index in [1.165, 1.54) is 7.11 Å². The number of nitrogens with one attached hydrogen (secondary N) is 1. The van der Waals surface area contributed by atoms with Crippen LogP contribution < -0.4 is 5.32 Å². The molecule has 0 aromatic heterocycles. The quantitative estimate of drug-likeness (QED) is 0.636. The Hall–Kier alpha value is -1.10. The molecule has 86 valence electrons. The summed E-state index contributed by atoms with van der Waals surface area (Å²) in [5.74, 6) is -0.141. The first-order valence-electron chi connectivity index (χ1n) is 5.08. The topological polar surface area (TPSA) is 58.6 Å². The maximum absolute atomic E-state index is 11.6. The summed E-state index contributed by atoms with van der Waals surface area (Å²) >= 11 is 0. The molecule has 0 aliphatic carbocycles. The molecular formula is C10H18N2O3. The molecule has 1 heterocycles. The van der Waals surface area contributed by atoms with Gasteiger partial charge in [0.25, 0.3) is 0 Å². The highest BCUT2D eigenvalue weighted by Crippen LogP contribution is 2.16. The molecule has 0 bridgehead atoms. The van der Waals surface area contributed by atoms with Gasteiger partial charge in [-0.2, -0.15) is 0 Å². The molecule has 0 saturated carbocycles. The molecular weight excluding hydrogens is 196 g/mol. The van der Waals surface area contributed by atoms with Crippen molar-refractivity contribution in [1.82, 2.24) is 10.2 Å². The van der Waals surface area contributed by atoms with Crippen LogP contribution in [0, 0.1) is 5.92 Å². The first-order chi connectivity index (χ1) is 7.06. The van der Waals surface area contributed by atoms with E-state index in [4.69, 9.17) is 0 Å². The second-order valence-corrected chi connectivity index (χ2v) is 3.99.